The summed E-state index contributed by atoms with van der Waals surface area (Å²) in [7, 11) is 0. The van der Waals surface area contributed by atoms with Gasteiger partial charge in [0, 0.05) is 49.9 Å². The Labute approximate surface area is 263 Å². The van der Waals surface area contributed by atoms with Crippen LogP contribution in [0.25, 0.3) is 87.0 Å². The minimum Gasteiger partial charge on any atom is -0.263 e. The Balaban J connectivity index is 1.23. The molecule has 0 atom stereocenters. The van der Waals surface area contributed by atoms with Gasteiger partial charge in [-0.3, -0.25) is 4.98 Å². The van der Waals surface area contributed by atoms with E-state index in [2.05, 4.69) is 77.8 Å². The molecule has 0 amide bonds. The average molecular weight is 593 g/mol. The van der Waals surface area contributed by atoms with E-state index in [4.69, 9.17) is 15.0 Å². The molecule has 0 radical (unpaired) electrons. The quantitative estimate of drug-likeness (QED) is 0.204. The van der Waals surface area contributed by atoms with Gasteiger partial charge in [0.05, 0.1) is 4.70 Å². The van der Waals surface area contributed by atoms with Gasteiger partial charge in [0.1, 0.15) is 0 Å². The molecular weight excluding hydrogens is 569 g/mol. The monoisotopic (exact) mass is 592 g/mol. The van der Waals surface area contributed by atoms with Crippen LogP contribution >= 0.6 is 11.3 Å². The van der Waals surface area contributed by atoms with Crippen molar-refractivity contribution in [2.45, 2.75) is 0 Å². The van der Waals surface area contributed by atoms with E-state index < -0.39 is 0 Å². The average Bonchev–Trinajstić information content (AvgIpc) is 3.50. The van der Waals surface area contributed by atoms with Gasteiger partial charge in [0.25, 0.3) is 0 Å². The highest BCUT2D eigenvalue weighted by Crippen LogP contribution is 2.43. The molecule has 4 nitrogen and oxygen atoms in total. The SMILES string of the molecule is c1ccc(-c2nc(-c3ccccc3)nc(-c3ccc4c(-c5cccc6ccc7c8ccncc8sc7c56)cccc4c3)n2)cc1. The van der Waals surface area contributed by atoms with Crippen LogP contribution in [0.15, 0.2) is 146 Å². The van der Waals surface area contributed by atoms with Gasteiger partial charge in [-0.2, -0.15) is 0 Å². The van der Waals surface area contributed by atoms with Crippen molar-refractivity contribution in [3.8, 4) is 45.3 Å². The smallest absolute Gasteiger partial charge is 0.164 e. The lowest BCUT2D eigenvalue weighted by atomic mass is 9.92. The number of benzene rings is 6. The van der Waals surface area contributed by atoms with Gasteiger partial charge in [-0.25, -0.2) is 15.0 Å². The van der Waals surface area contributed by atoms with Crippen LogP contribution in [0.1, 0.15) is 0 Å². The first-order chi connectivity index (χ1) is 22.3. The maximum Gasteiger partial charge on any atom is 0.164 e. The van der Waals surface area contributed by atoms with Crippen LogP contribution < -0.4 is 0 Å². The maximum absolute atomic E-state index is 4.96. The summed E-state index contributed by atoms with van der Waals surface area (Å²) in [5.41, 5.74) is 5.31. The van der Waals surface area contributed by atoms with E-state index in [-0.39, 0.29) is 0 Å². The summed E-state index contributed by atoms with van der Waals surface area (Å²) >= 11 is 1.82. The van der Waals surface area contributed by atoms with Crippen molar-refractivity contribution in [1.29, 1.82) is 0 Å². The fraction of sp³-hybridized carbons (Fsp3) is 0. The number of fused-ring (bicyclic) bond motifs is 6. The van der Waals surface area contributed by atoms with Crippen LogP contribution in [0.5, 0.6) is 0 Å². The largest absolute Gasteiger partial charge is 0.263 e. The van der Waals surface area contributed by atoms with Crippen LogP contribution in [-0.2, 0) is 0 Å². The molecule has 0 N–H and O–H groups in total. The summed E-state index contributed by atoms with van der Waals surface area (Å²) in [6.07, 6.45) is 3.85. The zero-order chi connectivity index (χ0) is 29.7. The van der Waals surface area contributed by atoms with Crippen LogP contribution in [0, 0.1) is 0 Å². The van der Waals surface area contributed by atoms with Crippen LogP contribution in [0.4, 0.5) is 0 Å². The highest BCUT2D eigenvalue weighted by molar-refractivity contribution is 7.26. The summed E-state index contributed by atoms with van der Waals surface area (Å²) in [4.78, 5) is 19.2. The standard InChI is InChI=1S/C40H24N4S/c1-3-9-26(10-4-1)38-42-39(27-11-5-2-6-12-27)44-40(43-38)29-18-19-30-28(23-29)14-8-15-31(30)33-16-7-13-25-17-20-34-32-21-22-41-24-35(32)45-37(34)36(25)33/h1-24H. The van der Waals surface area contributed by atoms with E-state index in [0.717, 1.165) is 22.1 Å². The zero-order valence-electron chi connectivity index (χ0n) is 24.1. The normalized spacial score (nSPS) is 11.6. The van der Waals surface area contributed by atoms with Crippen molar-refractivity contribution >= 4 is 53.1 Å². The Kier molecular flexibility index (Phi) is 5.96. The molecule has 9 rings (SSSR count). The second-order valence-electron chi connectivity index (χ2n) is 11.1. The molecular formula is C40H24N4S. The maximum atomic E-state index is 4.96. The van der Waals surface area contributed by atoms with Crippen molar-refractivity contribution in [1.82, 2.24) is 19.9 Å². The van der Waals surface area contributed by atoms with Gasteiger partial charge < -0.3 is 0 Å². The Morgan fingerprint density at radius 3 is 1.82 bits per heavy atom. The van der Waals surface area contributed by atoms with E-state index in [1.54, 1.807) is 0 Å². The molecule has 0 aliphatic heterocycles. The van der Waals surface area contributed by atoms with Crippen LogP contribution in [-0.4, -0.2) is 19.9 Å². The third kappa shape index (κ3) is 4.36. The molecule has 0 saturated carbocycles. The van der Waals surface area contributed by atoms with Gasteiger partial charge in [0.2, 0.25) is 0 Å². The predicted octanol–water partition coefficient (Wildman–Crippen LogP) is 10.6. The van der Waals surface area contributed by atoms with Crippen molar-refractivity contribution in [3.05, 3.63) is 146 Å². The summed E-state index contributed by atoms with van der Waals surface area (Å²) in [5, 5.41) is 7.38. The van der Waals surface area contributed by atoms with Crippen molar-refractivity contribution in [2.24, 2.45) is 0 Å². The summed E-state index contributed by atoms with van der Waals surface area (Å²) in [6.45, 7) is 0. The molecule has 0 spiro atoms. The number of rotatable bonds is 4. The summed E-state index contributed by atoms with van der Waals surface area (Å²) in [5.74, 6) is 1.97. The lowest BCUT2D eigenvalue weighted by Crippen LogP contribution is -2.00. The molecule has 210 valence electrons. The number of pyridine rings is 1. The van der Waals surface area contributed by atoms with E-state index in [1.165, 1.54) is 47.5 Å². The lowest BCUT2D eigenvalue weighted by molar-refractivity contribution is 1.07. The third-order valence-corrected chi connectivity index (χ3v) is 9.59. The molecule has 0 unspecified atom stereocenters. The molecule has 5 heteroatoms. The molecule has 3 aromatic heterocycles. The second kappa shape index (κ2) is 10.4. The Bertz CT molecular complexity index is 2480. The van der Waals surface area contributed by atoms with E-state index in [0.29, 0.717) is 17.5 Å². The molecule has 0 fully saturated rings. The molecule has 0 aliphatic carbocycles. The molecule has 0 saturated heterocycles. The molecule has 0 aliphatic rings. The zero-order valence-corrected chi connectivity index (χ0v) is 24.9. The fourth-order valence-corrected chi connectivity index (χ4v) is 7.52. The van der Waals surface area contributed by atoms with Gasteiger partial charge in [-0.1, -0.05) is 121 Å². The number of hydrogen-bond acceptors (Lipinski definition) is 5. The Hall–Kier alpha value is -5.78. The van der Waals surface area contributed by atoms with E-state index in [1.807, 2.05) is 84.4 Å². The Morgan fingerprint density at radius 1 is 0.444 bits per heavy atom. The van der Waals surface area contributed by atoms with Gasteiger partial charge in [-0.15, -0.1) is 11.3 Å². The second-order valence-corrected chi connectivity index (χ2v) is 12.2. The fourth-order valence-electron chi connectivity index (χ4n) is 6.28. The Morgan fingerprint density at radius 2 is 1.09 bits per heavy atom. The molecule has 9 aromatic rings. The highest BCUT2D eigenvalue weighted by Gasteiger charge is 2.16. The van der Waals surface area contributed by atoms with Gasteiger partial charge in [0.15, 0.2) is 17.5 Å². The van der Waals surface area contributed by atoms with Crippen molar-refractivity contribution in [3.63, 3.8) is 0 Å². The highest BCUT2D eigenvalue weighted by atomic mass is 32.1. The van der Waals surface area contributed by atoms with E-state index in [9.17, 15) is 0 Å². The topological polar surface area (TPSA) is 51.6 Å². The first-order valence-corrected chi connectivity index (χ1v) is 15.7. The van der Waals surface area contributed by atoms with Gasteiger partial charge in [-0.05, 0) is 39.4 Å². The molecule has 3 heterocycles. The molecule has 45 heavy (non-hydrogen) atoms. The lowest BCUT2D eigenvalue weighted by Gasteiger charge is -2.13. The third-order valence-electron chi connectivity index (χ3n) is 8.41. The van der Waals surface area contributed by atoms with E-state index >= 15 is 0 Å². The predicted molar refractivity (Wildman–Crippen MR) is 187 cm³/mol. The first-order valence-electron chi connectivity index (χ1n) is 14.9. The van der Waals surface area contributed by atoms with Crippen LogP contribution in [0.3, 0.4) is 0 Å². The number of aromatic nitrogens is 4. The van der Waals surface area contributed by atoms with Crippen LogP contribution in [0.2, 0.25) is 0 Å². The van der Waals surface area contributed by atoms with Crippen molar-refractivity contribution < 1.29 is 0 Å². The number of thiophene rings is 1. The summed E-state index contributed by atoms with van der Waals surface area (Å²) in [6, 6.07) is 46.5. The van der Waals surface area contributed by atoms with Gasteiger partial charge >= 0.3 is 0 Å². The molecule has 0 bridgehead atoms. The minimum absolute atomic E-state index is 0.653. The number of hydrogen-bond donors (Lipinski definition) is 0. The first kappa shape index (κ1) is 25.7. The molecule has 6 aromatic carbocycles. The summed E-state index contributed by atoms with van der Waals surface area (Å²) < 4.78 is 2.51. The van der Waals surface area contributed by atoms with Crippen molar-refractivity contribution in [2.75, 3.05) is 0 Å². The number of nitrogens with zero attached hydrogens (tertiary/aromatic N) is 4. The minimum atomic E-state index is 0.653.